The third-order valence-corrected chi connectivity index (χ3v) is 1.33. The molecule has 0 radical (unpaired) electrons. The third-order valence-electron chi connectivity index (χ3n) is 1.33. The molecule has 0 amide bonds. The van der Waals surface area contributed by atoms with Crippen LogP contribution in [0.25, 0.3) is 0 Å². The van der Waals surface area contributed by atoms with Crippen molar-refractivity contribution in [1.82, 2.24) is 0 Å². The molecule has 0 saturated carbocycles. The van der Waals surface area contributed by atoms with Gasteiger partial charge in [-0.1, -0.05) is 5.57 Å². The van der Waals surface area contributed by atoms with Gasteiger partial charge in [-0.05, 0) is 20.3 Å². The molecule has 3 nitrogen and oxygen atoms in total. The molecule has 0 N–H and O–H groups in total. The Morgan fingerprint density at radius 1 is 1.50 bits per heavy atom. The Balaban J connectivity index is 3.93. The van der Waals surface area contributed by atoms with Crippen LogP contribution in [0.15, 0.2) is 12.2 Å². The number of carbonyl (C=O) groups excluding carboxylic acids is 1. The molecule has 0 rings (SSSR count). The van der Waals surface area contributed by atoms with E-state index in [9.17, 15) is 13.6 Å². The minimum Gasteiger partial charge on any atom is -0.460 e. The molecule has 0 aliphatic rings. The fraction of sp³-hybridized carbons (Fsp3) is 0.667. The SMILES string of the molecule is C=C(C)CCOC(F)(F)C(=O)OCC. The maximum Gasteiger partial charge on any atom is 0.456 e. The van der Waals surface area contributed by atoms with Crippen molar-refractivity contribution in [3.8, 4) is 0 Å². The van der Waals surface area contributed by atoms with Crippen molar-refractivity contribution in [3.63, 3.8) is 0 Å². The molecule has 0 aromatic carbocycles. The second-order valence-corrected chi connectivity index (χ2v) is 2.79. The second-order valence-electron chi connectivity index (χ2n) is 2.79. The van der Waals surface area contributed by atoms with Crippen LogP contribution >= 0.6 is 0 Å². The molecular formula is C9H14F2O3. The lowest BCUT2D eigenvalue weighted by atomic mass is 10.3. The van der Waals surface area contributed by atoms with E-state index < -0.39 is 12.1 Å². The highest BCUT2D eigenvalue weighted by atomic mass is 19.3. The molecule has 5 heteroatoms. The van der Waals surface area contributed by atoms with Crippen molar-refractivity contribution < 1.29 is 23.0 Å². The fourth-order valence-corrected chi connectivity index (χ4v) is 0.627. The minimum atomic E-state index is -3.86. The van der Waals surface area contributed by atoms with E-state index in [0.717, 1.165) is 0 Å². The van der Waals surface area contributed by atoms with Crippen LogP contribution in [0.1, 0.15) is 20.3 Å². The summed E-state index contributed by atoms with van der Waals surface area (Å²) in [6.45, 7) is 6.30. The number of hydrogen-bond donors (Lipinski definition) is 0. The Bertz CT molecular complexity index is 214. The molecule has 0 unspecified atom stereocenters. The third kappa shape index (κ3) is 4.91. The van der Waals surface area contributed by atoms with E-state index in [2.05, 4.69) is 16.1 Å². The van der Waals surface area contributed by atoms with Crippen LogP contribution in [0.4, 0.5) is 8.78 Å². The average molecular weight is 208 g/mol. The zero-order valence-electron chi connectivity index (χ0n) is 8.31. The number of carbonyl (C=O) groups is 1. The average Bonchev–Trinajstić information content (AvgIpc) is 2.03. The first-order valence-electron chi connectivity index (χ1n) is 4.23. The van der Waals surface area contributed by atoms with E-state index in [1.54, 1.807) is 6.92 Å². The van der Waals surface area contributed by atoms with Gasteiger partial charge in [0.05, 0.1) is 13.2 Å². The van der Waals surface area contributed by atoms with Crippen molar-refractivity contribution >= 4 is 5.97 Å². The number of alkyl halides is 2. The summed E-state index contributed by atoms with van der Waals surface area (Å²) >= 11 is 0. The molecule has 0 bridgehead atoms. The van der Waals surface area contributed by atoms with E-state index in [0.29, 0.717) is 5.57 Å². The largest absolute Gasteiger partial charge is 0.460 e. The summed E-state index contributed by atoms with van der Waals surface area (Å²) < 4.78 is 33.7. The quantitative estimate of drug-likeness (QED) is 0.495. The number of rotatable bonds is 6. The standard InChI is InChI=1S/C9H14F2O3/c1-4-13-8(12)9(10,11)14-6-5-7(2)3/h2,4-6H2,1,3H3. The van der Waals surface area contributed by atoms with Crippen molar-refractivity contribution in [2.45, 2.75) is 26.4 Å². The summed E-state index contributed by atoms with van der Waals surface area (Å²) in [6.07, 6.45) is -3.57. The molecule has 0 aromatic rings. The first-order valence-corrected chi connectivity index (χ1v) is 4.23. The zero-order valence-corrected chi connectivity index (χ0v) is 8.31. The van der Waals surface area contributed by atoms with E-state index >= 15 is 0 Å². The van der Waals surface area contributed by atoms with Gasteiger partial charge in [-0.15, -0.1) is 6.58 Å². The summed E-state index contributed by atoms with van der Waals surface area (Å²) in [5, 5.41) is 0. The Labute approximate surface area is 81.7 Å². The zero-order chi connectivity index (χ0) is 11.2. The number of hydrogen-bond acceptors (Lipinski definition) is 3. The van der Waals surface area contributed by atoms with Gasteiger partial charge < -0.3 is 9.47 Å². The summed E-state index contributed by atoms with van der Waals surface area (Å²) in [5.41, 5.74) is 0.713. The van der Waals surface area contributed by atoms with Gasteiger partial charge in [-0.25, -0.2) is 4.79 Å². The molecule has 0 aliphatic carbocycles. The van der Waals surface area contributed by atoms with Crippen LogP contribution in [-0.4, -0.2) is 25.3 Å². The summed E-state index contributed by atoms with van der Waals surface area (Å²) in [5.74, 6) is -1.65. The molecule has 82 valence electrons. The minimum absolute atomic E-state index is 0.0989. The van der Waals surface area contributed by atoms with Crippen molar-refractivity contribution in [2.75, 3.05) is 13.2 Å². The Morgan fingerprint density at radius 3 is 2.50 bits per heavy atom. The predicted molar refractivity (Wildman–Crippen MR) is 47.0 cm³/mol. The van der Waals surface area contributed by atoms with Gasteiger partial charge >= 0.3 is 12.1 Å². The van der Waals surface area contributed by atoms with Gasteiger partial charge in [-0.2, -0.15) is 8.78 Å². The predicted octanol–water partition coefficient (Wildman–Crippen LogP) is 2.13. The lowest BCUT2D eigenvalue weighted by molar-refractivity contribution is -0.249. The molecule has 14 heavy (non-hydrogen) atoms. The van der Waals surface area contributed by atoms with Crippen molar-refractivity contribution in [2.24, 2.45) is 0 Å². The molecule has 0 aromatic heterocycles. The lowest BCUT2D eigenvalue weighted by Gasteiger charge is -2.14. The van der Waals surface area contributed by atoms with Crippen LogP contribution in [0, 0.1) is 0 Å². The van der Waals surface area contributed by atoms with Crippen LogP contribution in [0.5, 0.6) is 0 Å². The topological polar surface area (TPSA) is 35.5 Å². The Morgan fingerprint density at radius 2 is 2.07 bits per heavy atom. The summed E-state index contributed by atoms with van der Waals surface area (Å²) in [7, 11) is 0. The highest BCUT2D eigenvalue weighted by molar-refractivity contribution is 5.75. The van der Waals surface area contributed by atoms with Crippen molar-refractivity contribution in [1.29, 1.82) is 0 Å². The maximum atomic E-state index is 12.7. The smallest absolute Gasteiger partial charge is 0.456 e. The maximum absolute atomic E-state index is 12.7. The van der Waals surface area contributed by atoms with Crippen LogP contribution in [-0.2, 0) is 14.3 Å². The van der Waals surface area contributed by atoms with Gasteiger partial charge in [0.25, 0.3) is 0 Å². The molecule has 0 fully saturated rings. The Kier molecular flexibility index (Phi) is 5.30. The van der Waals surface area contributed by atoms with Crippen molar-refractivity contribution in [3.05, 3.63) is 12.2 Å². The van der Waals surface area contributed by atoms with Crippen LogP contribution in [0.2, 0.25) is 0 Å². The van der Waals surface area contributed by atoms with Gasteiger partial charge in [0.15, 0.2) is 0 Å². The van der Waals surface area contributed by atoms with Crippen LogP contribution in [0.3, 0.4) is 0 Å². The summed E-state index contributed by atoms with van der Waals surface area (Å²) in [6, 6.07) is 0. The normalized spacial score (nSPS) is 11.1. The highest BCUT2D eigenvalue weighted by Crippen LogP contribution is 2.18. The second kappa shape index (κ2) is 5.70. The summed E-state index contributed by atoms with van der Waals surface area (Å²) in [4.78, 5) is 10.6. The van der Waals surface area contributed by atoms with Gasteiger partial charge in [0.2, 0.25) is 0 Å². The molecule has 0 heterocycles. The first kappa shape index (κ1) is 13.0. The number of ether oxygens (including phenoxy) is 2. The number of halogens is 2. The fourth-order valence-electron chi connectivity index (χ4n) is 0.627. The molecule has 0 atom stereocenters. The Hall–Kier alpha value is -0.970. The van der Waals surface area contributed by atoms with Crippen LogP contribution < -0.4 is 0 Å². The molecule has 0 saturated heterocycles. The molecule has 0 spiro atoms. The first-order chi connectivity index (χ1) is 6.40. The van der Waals surface area contributed by atoms with E-state index in [4.69, 9.17) is 0 Å². The highest BCUT2D eigenvalue weighted by Gasteiger charge is 2.42. The number of esters is 1. The molecular weight excluding hydrogens is 194 g/mol. The van der Waals surface area contributed by atoms with Gasteiger partial charge in [-0.3, -0.25) is 0 Å². The van der Waals surface area contributed by atoms with E-state index in [1.165, 1.54) is 6.92 Å². The van der Waals surface area contributed by atoms with Gasteiger partial charge in [0, 0.05) is 0 Å². The lowest BCUT2D eigenvalue weighted by Crippen LogP contribution is -2.34. The van der Waals surface area contributed by atoms with Gasteiger partial charge in [0.1, 0.15) is 0 Å². The monoisotopic (exact) mass is 208 g/mol. The van der Waals surface area contributed by atoms with E-state index in [1.807, 2.05) is 0 Å². The molecule has 0 aliphatic heterocycles. The van der Waals surface area contributed by atoms with E-state index in [-0.39, 0.29) is 19.6 Å².